The van der Waals surface area contributed by atoms with E-state index < -0.39 is 0 Å². The van der Waals surface area contributed by atoms with Crippen molar-refractivity contribution in [2.24, 2.45) is 4.99 Å². The summed E-state index contributed by atoms with van der Waals surface area (Å²) in [6.07, 6.45) is 7.39. The number of guanidine groups is 1. The fourth-order valence-corrected chi connectivity index (χ4v) is 5.45. The predicted octanol–water partition coefficient (Wildman–Crippen LogP) is 2.85. The van der Waals surface area contributed by atoms with Crippen LogP contribution in [0.3, 0.4) is 0 Å². The lowest BCUT2D eigenvalue weighted by Gasteiger charge is -2.43. The summed E-state index contributed by atoms with van der Waals surface area (Å²) < 4.78 is 5.70. The van der Waals surface area contributed by atoms with Gasteiger partial charge in [0.1, 0.15) is 0 Å². The first-order valence-corrected chi connectivity index (χ1v) is 12.4. The summed E-state index contributed by atoms with van der Waals surface area (Å²) in [6.45, 7) is 11.3. The van der Waals surface area contributed by atoms with Gasteiger partial charge in [0.15, 0.2) is 5.96 Å². The zero-order valence-corrected chi connectivity index (χ0v) is 19.3. The van der Waals surface area contributed by atoms with Gasteiger partial charge in [0, 0.05) is 44.4 Å². The summed E-state index contributed by atoms with van der Waals surface area (Å²) in [7, 11) is 0. The molecular formula is C25H41N5O. The molecule has 0 aromatic heterocycles. The van der Waals surface area contributed by atoms with Crippen LogP contribution in [0.1, 0.15) is 51.0 Å². The van der Waals surface area contributed by atoms with Gasteiger partial charge in [-0.25, -0.2) is 0 Å². The lowest BCUT2D eigenvalue weighted by molar-refractivity contribution is -0.0139. The van der Waals surface area contributed by atoms with Gasteiger partial charge >= 0.3 is 0 Å². The van der Waals surface area contributed by atoms with E-state index in [1.54, 1.807) is 0 Å². The Bertz CT molecular complexity index is 682. The number of hydrogen-bond acceptors (Lipinski definition) is 4. The third-order valence-electron chi connectivity index (χ3n) is 7.31. The Kier molecular flexibility index (Phi) is 8.22. The molecule has 31 heavy (non-hydrogen) atoms. The number of benzene rings is 1. The van der Waals surface area contributed by atoms with E-state index in [0.717, 1.165) is 58.2 Å². The van der Waals surface area contributed by atoms with E-state index in [-0.39, 0.29) is 5.54 Å². The average molecular weight is 428 g/mol. The van der Waals surface area contributed by atoms with Gasteiger partial charge in [-0.2, -0.15) is 0 Å². The van der Waals surface area contributed by atoms with E-state index in [1.807, 2.05) is 0 Å². The first-order valence-electron chi connectivity index (χ1n) is 12.4. The topological polar surface area (TPSA) is 52.1 Å². The highest BCUT2D eigenvalue weighted by Crippen LogP contribution is 2.31. The van der Waals surface area contributed by atoms with Gasteiger partial charge in [0.05, 0.1) is 6.54 Å². The standard InChI is InChI=1S/C25H41N5O/c1-2-26-24(28-21-25(12-17-31-18-13-25)30-15-6-7-16-30)27-19-23-11-8-14-29(23)20-22-9-4-3-5-10-22/h3-5,9-10,23H,2,6-8,11-21H2,1H3,(H2,26,27,28). The molecule has 1 aromatic carbocycles. The number of nitrogens with one attached hydrogen (secondary N) is 2. The van der Waals surface area contributed by atoms with Crippen molar-refractivity contribution >= 4 is 5.96 Å². The Balaban J connectivity index is 1.36. The average Bonchev–Trinajstić information content (AvgIpc) is 3.50. The molecule has 0 aliphatic carbocycles. The second-order valence-electron chi connectivity index (χ2n) is 9.36. The molecule has 6 nitrogen and oxygen atoms in total. The van der Waals surface area contributed by atoms with Gasteiger partial charge < -0.3 is 15.4 Å². The van der Waals surface area contributed by atoms with Crippen molar-refractivity contribution in [2.75, 3.05) is 52.5 Å². The van der Waals surface area contributed by atoms with Crippen LogP contribution in [0.4, 0.5) is 0 Å². The van der Waals surface area contributed by atoms with Gasteiger partial charge in [-0.05, 0) is 70.6 Å². The number of ether oxygens (including phenoxy) is 1. The van der Waals surface area contributed by atoms with E-state index in [2.05, 4.69) is 57.7 Å². The highest BCUT2D eigenvalue weighted by molar-refractivity contribution is 5.79. The highest BCUT2D eigenvalue weighted by atomic mass is 16.5. The van der Waals surface area contributed by atoms with Crippen LogP contribution in [-0.4, -0.2) is 79.8 Å². The lowest BCUT2D eigenvalue weighted by Crippen LogP contribution is -2.54. The molecule has 1 aromatic rings. The Morgan fingerprint density at radius 1 is 1.06 bits per heavy atom. The van der Waals surface area contributed by atoms with Crippen LogP contribution >= 0.6 is 0 Å². The number of rotatable bonds is 8. The van der Waals surface area contributed by atoms with Gasteiger partial charge in [-0.15, -0.1) is 0 Å². The summed E-state index contributed by atoms with van der Waals surface area (Å²) in [4.78, 5) is 10.4. The van der Waals surface area contributed by atoms with Crippen LogP contribution < -0.4 is 10.6 Å². The molecule has 172 valence electrons. The van der Waals surface area contributed by atoms with E-state index in [0.29, 0.717) is 6.04 Å². The summed E-state index contributed by atoms with van der Waals surface area (Å²) in [5.41, 5.74) is 1.59. The number of aliphatic imine (C=N–C) groups is 1. The second-order valence-corrected chi connectivity index (χ2v) is 9.36. The fraction of sp³-hybridized carbons (Fsp3) is 0.720. The molecule has 3 heterocycles. The lowest BCUT2D eigenvalue weighted by atomic mass is 9.88. The zero-order chi connectivity index (χ0) is 21.4. The van der Waals surface area contributed by atoms with Crippen LogP contribution in [0.25, 0.3) is 0 Å². The zero-order valence-electron chi connectivity index (χ0n) is 19.3. The first kappa shape index (κ1) is 22.6. The SMILES string of the molecule is CCNC(=NCC1(N2CCCC2)CCOCC1)NCC1CCCN1Cc1ccccc1. The predicted molar refractivity (Wildman–Crippen MR) is 127 cm³/mol. The third kappa shape index (κ3) is 5.99. The molecule has 3 aliphatic rings. The van der Waals surface area contributed by atoms with Gasteiger partial charge in [0.25, 0.3) is 0 Å². The molecule has 3 fully saturated rings. The molecular weight excluding hydrogens is 386 g/mol. The van der Waals surface area contributed by atoms with Crippen LogP contribution in [0, 0.1) is 0 Å². The minimum absolute atomic E-state index is 0.184. The largest absolute Gasteiger partial charge is 0.381 e. The maximum atomic E-state index is 5.70. The molecule has 0 spiro atoms. The monoisotopic (exact) mass is 427 g/mol. The molecule has 0 saturated carbocycles. The summed E-state index contributed by atoms with van der Waals surface area (Å²) in [6, 6.07) is 11.4. The van der Waals surface area contributed by atoms with E-state index in [4.69, 9.17) is 9.73 Å². The maximum Gasteiger partial charge on any atom is 0.191 e. The van der Waals surface area contributed by atoms with Crippen LogP contribution in [0.15, 0.2) is 35.3 Å². The molecule has 1 atom stereocenters. The third-order valence-corrected chi connectivity index (χ3v) is 7.31. The Hall–Kier alpha value is -1.63. The first-order chi connectivity index (χ1) is 15.3. The molecule has 2 N–H and O–H groups in total. The highest BCUT2D eigenvalue weighted by Gasteiger charge is 2.39. The van der Waals surface area contributed by atoms with Crippen molar-refractivity contribution in [2.45, 2.75) is 63.6 Å². The van der Waals surface area contributed by atoms with Gasteiger partial charge in [0.2, 0.25) is 0 Å². The van der Waals surface area contributed by atoms with Crippen LogP contribution in [0.5, 0.6) is 0 Å². The van der Waals surface area contributed by atoms with Crippen molar-refractivity contribution in [3.63, 3.8) is 0 Å². The fourth-order valence-electron chi connectivity index (χ4n) is 5.45. The van der Waals surface area contributed by atoms with Crippen molar-refractivity contribution in [3.05, 3.63) is 35.9 Å². The minimum atomic E-state index is 0.184. The molecule has 0 radical (unpaired) electrons. The molecule has 6 heteroatoms. The van der Waals surface area contributed by atoms with Crippen molar-refractivity contribution in [1.29, 1.82) is 0 Å². The van der Waals surface area contributed by atoms with E-state index >= 15 is 0 Å². The normalized spacial score (nSPS) is 25.1. The van der Waals surface area contributed by atoms with Crippen molar-refractivity contribution in [3.8, 4) is 0 Å². The van der Waals surface area contributed by atoms with Gasteiger partial charge in [-0.1, -0.05) is 30.3 Å². The van der Waals surface area contributed by atoms with Crippen molar-refractivity contribution < 1.29 is 4.74 Å². The Morgan fingerprint density at radius 2 is 1.84 bits per heavy atom. The number of hydrogen-bond donors (Lipinski definition) is 2. The van der Waals surface area contributed by atoms with E-state index in [1.165, 1.54) is 50.9 Å². The quantitative estimate of drug-likeness (QED) is 0.494. The summed E-state index contributed by atoms with van der Waals surface area (Å²) in [5, 5.41) is 7.16. The molecule has 0 bridgehead atoms. The van der Waals surface area contributed by atoms with Gasteiger partial charge in [-0.3, -0.25) is 14.8 Å². The van der Waals surface area contributed by atoms with E-state index in [9.17, 15) is 0 Å². The second kappa shape index (κ2) is 11.3. The Labute approximate surface area is 188 Å². The van der Waals surface area contributed by atoms with Crippen molar-refractivity contribution in [1.82, 2.24) is 20.4 Å². The molecule has 3 aliphatic heterocycles. The summed E-state index contributed by atoms with van der Waals surface area (Å²) in [5.74, 6) is 0.971. The molecule has 3 saturated heterocycles. The number of nitrogens with zero attached hydrogens (tertiary/aromatic N) is 3. The minimum Gasteiger partial charge on any atom is -0.381 e. The molecule has 1 unspecified atom stereocenters. The maximum absolute atomic E-state index is 5.70. The molecule has 4 rings (SSSR count). The smallest absolute Gasteiger partial charge is 0.191 e. The summed E-state index contributed by atoms with van der Waals surface area (Å²) >= 11 is 0. The Morgan fingerprint density at radius 3 is 2.58 bits per heavy atom. The van der Waals surface area contributed by atoms with Crippen LogP contribution in [-0.2, 0) is 11.3 Å². The van der Waals surface area contributed by atoms with Crippen LogP contribution in [0.2, 0.25) is 0 Å². The molecule has 0 amide bonds. The number of likely N-dealkylation sites (tertiary alicyclic amines) is 2.